The number of fused-ring (bicyclic) bond motifs is 3. The number of esters is 2. The van der Waals surface area contributed by atoms with Crippen molar-refractivity contribution in [2.45, 2.75) is 156 Å². The van der Waals surface area contributed by atoms with Crippen LogP contribution in [0.2, 0.25) is 0 Å². The number of aryl methyl sites for hydroxylation is 3. The minimum Gasteiger partial charge on any atom is -0.870 e. The first kappa shape index (κ1) is 81.0. The van der Waals surface area contributed by atoms with E-state index in [0.29, 0.717) is 53.8 Å². The van der Waals surface area contributed by atoms with Gasteiger partial charge < -0.3 is 43.1 Å². The van der Waals surface area contributed by atoms with Gasteiger partial charge in [0.25, 0.3) is 0 Å². The SMILES string of the molecule is Brc1cnc(I)nc1.C.C.C.CC1(C)OBOC1(C)C.COC(=O)c1ccc2c(C3CCCC3)c(-c3ncc(Br)cn3)n(C)c2c1.COC(=O)c1ccc2c(C3CCCC3)c(Br)n(C)c2c1.Cn1c(-c2ncc(Br)cn2)c(C2CCCC2)c2ccc(C(=O)O)cc21.[Na+].[OH-]. The monoisotopic (exact) mass is 1650 g/mol. The summed E-state index contributed by atoms with van der Waals surface area (Å²) in [7, 11) is 9.27. The van der Waals surface area contributed by atoms with Crippen LogP contribution >= 0.6 is 86.3 Å². The van der Waals surface area contributed by atoms with Crippen molar-refractivity contribution in [3.63, 3.8) is 0 Å². The van der Waals surface area contributed by atoms with E-state index in [9.17, 15) is 19.5 Å². The Kier molecular flexibility index (Phi) is 31.1. The van der Waals surface area contributed by atoms with Crippen LogP contribution in [0.5, 0.6) is 0 Å². The summed E-state index contributed by atoms with van der Waals surface area (Å²) in [5, 5.41) is 12.9. The van der Waals surface area contributed by atoms with E-state index in [2.05, 4.69) is 131 Å². The van der Waals surface area contributed by atoms with E-state index in [0.717, 1.165) is 68.0 Å². The molecule has 25 heteroatoms. The van der Waals surface area contributed by atoms with Crippen molar-refractivity contribution >= 4 is 145 Å². The maximum atomic E-state index is 12.0. The molecule has 1 aliphatic heterocycles. The average molecular weight is 1650 g/mol. The van der Waals surface area contributed by atoms with Crippen molar-refractivity contribution in [1.29, 1.82) is 0 Å². The van der Waals surface area contributed by atoms with Crippen molar-refractivity contribution < 1.29 is 73.3 Å². The standard InChI is InChI=1S/C20H20BrN3O2.C19H18BrN3O2.C16H18BrNO2.C6H13BO2.C4H2BrIN2.3CH4.Na.H2O/c1-24-16-9-13(20(25)26-2)7-8-15(16)17(12-5-3-4-6-12)18(24)19-22-10-14(21)11-23-19;1-23-15-8-12(19(24)25)6-7-14(15)16(11-4-2-3-5-11)17(23)18-21-9-13(20)10-22-18;1-18-13-9-11(16(19)20-2)7-8-12(13)14(15(18)17)10-5-3-4-6-10;1-5(2)6(3,4)9-7-8-5;5-3-1-7-4(6)8-2-3;;;;;/h7-12H,3-6H2,1-2H3;6-11H,2-5H2,1H3,(H,24,25);7-10H,3-6H2,1-2H3;7H,1-4H3;1-2H;3*1H4;;1H2/q;;;;;;;;+1;/p-1. The molecule has 0 unspecified atom stereocenters. The van der Waals surface area contributed by atoms with Gasteiger partial charge in [-0.25, -0.2) is 44.3 Å². The Bertz CT molecular complexity index is 3950. The number of nitrogens with zero attached hydrogens (tertiary/aromatic N) is 9. The Morgan fingerprint density at radius 1 is 0.527 bits per heavy atom. The Morgan fingerprint density at radius 2 is 0.828 bits per heavy atom. The number of benzene rings is 3. The van der Waals surface area contributed by atoms with Crippen LogP contribution in [0.1, 0.15) is 193 Å². The molecule has 4 aliphatic rings. The smallest absolute Gasteiger partial charge is 0.870 e. The zero-order valence-corrected chi connectivity index (χ0v) is 62.8. The molecule has 3 aliphatic carbocycles. The number of aromatic carboxylic acids is 1. The topological polar surface area (TPSA) is 230 Å². The van der Waals surface area contributed by atoms with E-state index in [1.807, 2.05) is 89.8 Å². The number of hydrogen-bond acceptors (Lipinski definition) is 14. The van der Waals surface area contributed by atoms with Crippen molar-refractivity contribution in [3.8, 4) is 23.0 Å². The zero-order valence-electron chi connectivity index (χ0n) is 52.3. The molecule has 2 N–H and O–H groups in total. The normalized spacial score (nSPS) is 15.3. The minimum absolute atomic E-state index is 0. The summed E-state index contributed by atoms with van der Waals surface area (Å²) >= 11 is 15.8. The largest absolute Gasteiger partial charge is 1.00 e. The summed E-state index contributed by atoms with van der Waals surface area (Å²) in [5.41, 5.74) is 10.2. The molecule has 7 heterocycles. The zero-order chi connectivity index (χ0) is 63.2. The third kappa shape index (κ3) is 18.4. The van der Waals surface area contributed by atoms with Crippen LogP contribution in [0, 0.1) is 3.83 Å². The summed E-state index contributed by atoms with van der Waals surface area (Å²) in [5.74, 6) is 1.49. The van der Waals surface area contributed by atoms with Gasteiger partial charge in [-0.2, -0.15) is 0 Å². The van der Waals surface area contributed by atoms with Crippen LogP contribution in [0.15, 0.2) is 110 Å². The van der Waals surface area contributed by atoms with Crippen LogP contribution in [-0.4, -0.2) is 105 Å². The predicted molar refractivity (Wildman–Crippen MR) is 389 cm³/mol. The van der Waals surface area contributed by atoms with Gasteiger partial charge in [0.05, 0.1) is 71.5 Å². The minimum atomic E-state index is -0.910. The van der Waals surface area contributed by atoms with Crippen molar-refractivity contribution in [2.75, 3.05) is 14.2 Å². The second-order valence-corrected chi connectivity index (χ2v) is 27.8. The molecule has 0 amide bonds. The molecule has 0 radical (unpaired) electrons. The number of carboxylic acids is 1. The van der Waals surface area contributed by atoms with Gasteiger partial charge in [0.2, 0.25) is 0 Å². The molecule has 18 nitrogen and oxygen atoms in total. The summed E-state index contributed by atoms with van der Waals surface area (Å²) in [6, 6.07) is 17.0. The van der Waals surface area contributed by atoms with E-state index in [1.54, 1.807) is 49.3 Å². The van der Waals surface area contributed by atoms with Crippen molar-refractivity contribution in [3.05, 3.63) is 147 Å². The van der Waals surface area contributed by atoms with E-state index in [-0.39, 0.29) is 80.5 Å². The van der Waals surface area contributed by atoms with E-state index in [1.165, 1.54) is 106 Å². The van der Waals surface area contributed by atoms with E-state index < -0.39 is 5.97 Å². The fraction of sp³-hybridized carbons (Fsp3) is 0.426. The fourth-order valence-electron chi connectivity index (χ4n) is 12.2. The number of rotatable bonds is 8. The molecule has 3 saturated carbocycles. The summed E-state index contributed by atoms with van der Waals surface area (Å²) in [6.45, 7) is 8.17. The second-order valence-electron chi connectivity index (χ2n) is 23.4. The number of methoxy groups -OCH3 is 2. The Hall–Kier alpha value is -4.48. The predicted octanol–water partition coefficient (Wildman–Crippen LogP) is 15.4. The molecule has 13 rings (SSSR count). The number of carbonyl (C=O) groups is 3. The number of aromatic nitrogens is 9. The van der Waals surface area contributed by atoms with Crippen LogP contribution in [-0.2, 0) is 39.9 Å². The van der Waals surface area contributed by atoms with Gasteiger partial charge in [-0.1, -0.05) is 79.0 Å². The Balaban J connectivity index is 0.000000259. The van der Waals surface area contributed by atoms with Crippen molar-refractivity contribution in [1.82, 2.24) is 43.6 Å². The molecule has 6 aromatic heterocycles. The molecule has 4 fully saturated rings. The van der Waals surface area contributed by atoms with Gasteiger partial charge in [-0.15, -0.1) is 0 Å². The van der Waals surface area contributed by atoms with Gasteiger partial charge in [-0.05, 0) is 201 Å². The summed E-state index contributed by atoms with van der Waals surface area (Å²) < 4.78 is 31.1. The number of ether oxygens (including phenoxy) is 2. The summed E-state index contributed by atoms with van der Waals surface area (Å²) in [6.07, 6.45) is 25.3. The molecular weight excluding hydrogens is 1570 g/mol. The van der Waals surface area contributed by atoms with Gasteiger partial charge in [0.15, 0.2) is 15.5 Å². The second kappa shape index (κ2) is 35.7. The Labute approximate surface area is 616 Å². The van der Waals surface area contributed by atoms with E-state index in [4.69, 9.17) is 18.8 Å². The molecule has 0 atom stereocenters. The molecule has 0 spiro atoms. The first-order valence-electron chi connectivity index (χ1n) is 29.3. The molecule has 1 saturated heterocycles. The van der Waals surface area contributed by atoms with E-state index >= 15 is 0 Å². The van der Waals surface area contributed by atoms with Crippen LogP contribution in [0.4, 0.5) is 0 Å². The molecule has 494 valence electrons. The third-order valence-corrected chi connectivity index (χ3v) is 20.3. The molecule has 3 aromatic carbocycles. The van der Waals surface area contributed by atoms with Crippen molar-refractivity contribution in [2.24, 2.45) is 21.1 Å². The van der Waals surface area contributed by atoms with Crippen LogP contribution < -0.4 is 29.6 Å². The fourth-order valence-corrected chi connectivity index (χ4v) is 13.8. The molecule has 9 aromatic rings. The van der Waals surface area contributed by atoms with Crippen LogP contribution in [0.3, 0.4) is 0 Å². The first-order valence-corrected chi connectivity index (χ1v) is 33.6. The average Bonchev–Trinajstić information content (AvgIpc) is 1.62. The first-order chi connectivity index (χ1) is 42.0. The number of halogens is 5. The van der Waals surface area contributed by atoms with Gasteiger partial charge in [-0.3, -0.25) is 0 Å². The quantitative estimate of drug-likeness (QED) is 0.0645. The molecule has 0 bridgehead atoms. The molecule has 93 heavy (non-hydrogen) atoms. The maximum absolute atomic E-state index is 12.0. The van der Waals surface area contributed by atoms with Gasteiger partial charge in [0.1, 0.15) is 0 Å². The third-order valence-electron chi connectivity index (χ3n) is 17.6. The number of carbonyl (C=O) groups excluding carboxylic acids is 2. The number of carboxylic acid groups (broad SMARTS) is 1. The van der Waals surface area contributed by atoms with Gasteiger partial charge >= 0.3 is 55.2 Å². The Morgan fingerprint density at radius 3 is 1.14 bits per heavy atom. The van der Waals surface area contributed by atoms with Gasteiger partial charge in [0, 0.05) is 114 Å². The van der Waals surface area contributed by atoms with Crippen LogP contribution in [0.25, 0.3) is 55.7 Å². The summed E-state index contributed by atoms with van der Waals surface area (Å²) in [4.78, 5) is 60.9. The maximum Gasteiger partial charge on any atom is 1.00 e. The number of hydrogen-bond donors (Lipinski definition) is 1. The molecular formula is C68H84BBr4IN9NaO9.